The summed E-state index contributed by atoms with van der Waals surface area (Å²) in [4.78, 5) is 2.38. The fourth-order valence-corrected chi connectivity index (χ4v) is 2.22. The molecule has 94 valence electrons. The lowest BCUT2D eigenvalue weighted by atomic mass is 10.2. The molecule has 1 aromatic rings. The van der Waals surface area contributed by atoms with Gasteiger partial charge in [0, 0.05) is 6.04 Å². The van der Waals surface area contributed by atoms with Crippen LogP contribution >= 0.6 is 0 Å². The Bertz CT molecular complexity index is 337. The molecule has 1 saturated heterocycles. The molecule has 0 unspecified atom stereocenters. The van der Waals surface area contributed by atoms with Crippen LogP contribution in [0.1, 0.15) is 18.4 Å². The van der Waals surface area contributed by atoms with E-state index >= 15 is 0 Å². The van der Waals surface area contributed by atoms with Gasteiger partial charge in [-0.2, -0.15) is 0 Å². The van der Waals surface area contributed by atoms with Crippen molar-refractivity contribution in [3.63, 3.8) is 0 Å². The Morgan fingerprint density at radius 2 is 2.06 bits per heavy atom. The number of benzene rings is 1. The Kier molecular flexibility index (Phi) is 4.40. The van der Waals surface area contributed by atoms with Crippen molar-refractivity contribution in [2.75, 3.05) is 27.3 Å². The van der Waals surface area contributed by atoms with E-state index in [0.717, 1.165) is 12.4 Å². The number of hydrogen-bond donors (Lipinski definition) is 0. The zero-order valence-corrected chi connectivity index (χ0v) is 10.7. The second-order valence-electron chi connectivity index (χ2n) is 4.64. The lowest BCUT2D eigenvalue weighted by Crippen LogP contribution is -2.29. The summed E-state index contributed by atoms with van der Waals surface area (Å²) in [6.07, 6.45) is 2.56. The number of hydrogen-bond acceptors (Lipinski definition) is 3. The van der Waals surface area contributed by atoms with E-state index in [1.165, 1.54) is 24.9 Å². The van der Waals surface area contributed by atoms with Gasteiger partial charge in [0.05, 0.1) is 20.3 Å². The fraction of sp³-hybridized carbons (Fsp3) is 0.571. The minimum atomic E-state index is 0.605. The minimum Gasteiger partial charge on any atom is -0.497 e. The van der Waals surface area contributed by atoms with E-state index < -0.39 is 0 Å². The molecule has 1 aromatic carbocycles. The lowest BCUT2D eigenvalue weighted by Gasteiger charge is -2.19. The Morgan fingerprint density at radius 1 is 1.29 bits per heavy atom. The van der Waals surface area contributed by atoms with Crippen molar-refractivity contribution < 1.29 is 9.47 Å². The summed E-state index contributed by atoms with van der Waals surface area (Å²) in [5.41, 5.74) is 1.20. The van der Waals surface area contributed by atoms with Crippen molar-refractivity contribution in [3.05, 3.63) is 29.8 Å². The smallest absolute Gasteiger partial charge is 0.118 e. The average molecular weight is 235 g/mol. The van der Waals surface area contributed by atoms with Crippen molar-refractivity contribution in [3.8, 4) is 5.75 Å². The standard InChI is InChI=1S/C14H21NO2/c1-15-9-3-4-13(15)11-17-10-12-5-7-14(16-2)8-6-12/h5-8,13H,3-4,9-11H2,1-2H3/t13-/m1/s1. The van der Waals surface area contributed by atoms with Gasteiger partial charge in [-0.1, -0.05) is 12.1 Å². The molecule has 17 heavy (non-hydrogen) atoms. The summed E-state index contributed by atoms with van der Waals surface area (Å²) in [6, 6.07) is 8.66. The number of nitrogens with zero attached hydrogens (tertiary/aromatic N) is 1. The Balaban J connectivity index is 1.73. The molecular weight excluding hydrogens is 214 g/mol. The molecule has 2 rings (SSSR count). The molecule has 1 heterocycles. The molecule has 3 nitrogen and oxygen atoms in total. The van der Waals surface area contributed by atoms with Crippen LogP contribution in [0.5, 0.6) is 5.75 Å². The molecule has 0 radical (unpaired) electrons. The predicted molar refractivity (Wildman–Crippen MR) is 68.3 cm³/mol. The van der Waals surface area contributed by atoms with Crippen LogP contribution in [0.2, 0.25) is 0 Å². The number of ether oxygens (including phenoxy) is 2. The number of likely N-dealkylation sites (tertiary alicyclic amines) is 1. The SMILES string of the molecule is COc1ccc(COC[C@H]2CCCN2C)cc1. The van der Waals surface area contributed by atoms with E-state index in [1.807, 2.05) is 12.1 Å². The van der Waals surface area contributed by atoms with E-state index in [-0.39, 0.29) is 0 Å². The second kappa shape index (κ2) is 6.03. The third-order valence-electron chi connectivity index (χ3n) is 3.41. The van der Waals surface area contributed by atoms with Crippen molar-refractivity contribution in [2.45, 2.75) is 25.5 Å². The molecule has 0 bridgehead atoms. The molecule has 1 atom stereocenters. The van der Waals surface area contributed by atoms with Crippen LogP contribution in [0.3, 0.4) is 0 Å². The monoisotopic (exact) mass is 235 g/mol. The van der Waals surface area contributed by atoms with E-state index in [2.05, 4.69) is 24.1 Å². The molecule has 0 aliphatic carbocycles. The molecule has 3 heteroatoms. The van der Waals surface area contributed by atoms with Gasteiger partial charge >= 0.3 is 0 Å². The van der Waals surface area contributed by atoms with Crippen LogP contribution in [0.15, 0.2) is 24.3 Å². The summed E-state index contributed by atoms with van der Waals surface area (Å²) in [5.74, 6) is 0.893. The molecule has 1 aliphatic rings. The van der Waals surface area contributed by atoms with Gasteiger partial charge in [0.1, 0.15) is 5.75 Å². The molecule has 0 N–H and O–H groups in total. The van der Waals surface area contributed by atoms with Crippen LogP contribution in [0, 0.1) is 0 Å². The molecular formula is C14H21NO2. The maximum Gasteiger partial charge on any atom is 0.118 e. The maximum absolute atomic E-state index is 5.77. The second-order valence-corrected chi connectivity index (χ2v) is 4.64. The van der Waals surface area contributed by atoms with Gasteiger partial charge in [-0.15, -0.1) is 0 Å². The van der Waals surface area contributed by atoms with Crippen LogP contribution in [0.4, 0.5) is 0 Å². The summed E-state index contributed by atoms with van der Waals surface area (Å²) in [6.45, 7) is 2.73. The van der Waals surface area contributed by atoms with E-state index in [4.69, 9.17) is 9.47 Å². The van der Waals surface area contributed by atoms with Gasteiger partial charge in [0.25, 0.3) is 0 Å². The van der Waals surface area contributed by atoms with Gasteiger partial charge < -0.3 is 14.4 Å². The zero-order chi connectivity index (χ0) is 12.1. The molecule has 1 fully saturated rings. The third-order valence-corrected chi connectivity index (χ3v) is 3.41. The Morgan fingerprint density at radius 3 is 2.65 bits per heavy atom. The van der Waals surface area contributed by atoms with Crippen molar-refractivity contribution in [1.29, 1.82) is 0 Å². The van der Waals surface area contributed by atoms with Gasteiger partial charge in [-0.3, -0.25) is 0 Å². The quantitative estimate of drug-likeness (QED) is 0.781. The first kappa shape index (κ1) is 12.4. The zero-order valence-electron chi connectivity index (χ0n) is 10.7. The number of rotatable bonds is 5. The summed E-state index contributed by atoms with van der Waals surface area (Å²) < 4.78 is 10.9. The van der Waals surface area contributed by atoms with Crippen molar-refractivity contribution in [2.24, 2.45) is 0 Å². The lowest BCUT2D eigenvalue weighted by molar-refractivity contribution is 0.0749. The highest BCUT2D eigenvalue weighted by molar-refractivity contribution is 5.26. The largest absolute Gasteiger partial charge is 0.497 e. The third kappa shape index (κ3) is 3.45. The van der Waals surface area contributed by atoms with Crippen molar-refractivity contribution >= 4 is 0 Å². The van der Waals surface area contributed by atoms with Crippen LogP contribution in [0.25, 0.3) is 0 Å². The predicted octanol–water partition coefficient (Wildman–Crippen LogP) is 2.31. The first-order valence-corrected chi connectivity index (χ1v) is 6.20. The highest BCUT2D eigenvalue weighted by Gasteiger charge is 2.20. The van der Waals surface area contributed by atoms with Gasteiger partial charge in [0.15, 0.2) is 0 Å². The van der Waals surface area contributed by atoms with Gasteiger partial charge in [-0.25, -0.2) is 0 Å². The maximum atomic E-state index is 5.77. The van der Waals surface area contributed by atoms with Gasteiger partial charge in [0.2, 0.25) is 0 Å². The first-order chi connectivity index (χ1) is 8.29. The fourth-order valence-electron chi connectivity index (χ4n) is 2.22. The molecule has 0 amide bonds. The van der Waals surface area contributed by atoms with Crippen LogP contribution < -0.4 is 4.74 Å². The summed E-state index contributed by atoms with van der Waals surface area (Å²) in [5, 5.41) is 0. The normalized spacial score (nSPS) is 20.7. The van der Waals surface area contributed by atoms with Gasteiger partial charge in [-0.05, 0) is 44.1 Å². The molecule has 0 spiro atoms. The minimum absolute atomic E-state index is 0.605. The number of likely N-dealkylation sites (N-methyl/N-ethyl adjacent to an activating group) is 1. The van der Waals surface area contributed by atoms with Crippen LogP contribution in [-0.4, -0.2) is 38.3 Å². The highest BCUT2D eigenvalue weighted by atomic mass is 16.5. The average Bonchev–Trinajstić information content (AvgIpc) is 2.76. The van der Waals surface area contributed by atoms with E-state index in [9.17, 15) is 0 Å². The van der Waals surface area contributed by atoms with Crippen molar-refractivity contribution in [1.82, 2.24) is 4.90 Å². The Hall–Kier alpha value is -1.06. The highest BCUT2D eigenvalue weighted by Crippen LogP contribution is 2.16. The molecule has 1 aliphatic heterocycles. The summed E-state index contributed by atoms with van der Waals surface area (Å²) >= 11 is 0. The van der Waals surface area contributed by atoms with E-state index in [1.54, 1.807) is 7.11 Å². The molecule has 0 saturated carbocycles. The van der Waals surface area contributed by atoms with Crippen LogP contribution in [-0.2, 0) is 11.3 Å². The molecule has 0 aromatic heterocycles. The summed E-state index contributed by atoms with van der Waals surface area (Å²) in [7, 11) is 3.86. The number of methoxy groups -OCH3 is 1. The Labute approximate surface area is 103 Å². The topological polar surface area (TPSA) is 21.7 Å². The first-order valence-electron chi connectivity index (χ1n) is 6.20. The van der Waals surface area contributed by atoms with E-state index in [0.29, 0.717) is 12.6 Å².